The molecule has 72 valence electrons. The molecule has 0 unspecified atom stereocenters. The van der Waals surface area contributed by atoms with Crippen LogP contribution in [0, 0.1) is 6.92 Å². The Morgan fingerprint density at radius 2 is 1.86 bits per heavy atom. The summed E-state index contributed by atoms with van der Waals surface area (Å²) in [6.45, 7) is 2.02. The second-order valence-electron chi connectivity index (χ2n) is 3.14. The third kappa shape index (κ3) is 1.46. The third-order valence-corrected chi connectivity index (χ3v) is 3.17. The highest BCUT2D eigenvalue weighted by molar-refractivity contribution is 7.13. The Bertz CT molecular complexity index is 460. The van der Waals surface area contributed by atoms with Crippen LogP contribution in [-0.4, -0.2) is 10.2 Å². The number of aromatic hydroxyl groups is 2. The van der Waals surface area contributed by atoms with Crippen LogP contribution in [0.2, 0.25) is 0 Å². The molecule has 2 nitrogen and oxygen atoms in total. The number of hydrogen-bond acceptors (Lipinski definition) is 3. The van der Waals surface area contributed by atoms with Gasteiger partial charge in [0.05, 0.1) is 0 Å². The van der Waals surface area contributed by atoms with E-state index in [1.807, 2.05) is 18.4 Å². The van der Waals surface area contributed by atoms with Gasteiger partial charge in [-0.3, -0.25) is 0 Å². The van der Waals surface area contributed by atoms with E-state index in [9.17, 15) is 5.11 Å². The van der Waals surface area contributed by atoms with Gasteiger partial charge in [0.1, 0.15) is 0 Å². The lowest BCUT2D eigenvalue weighted by Crippen LogP contribution is -1.76. The minimum Gasteiger partial charge on any atom is -0.504 e. The van der Waals surface area contributed by atoms with Crippen molar-refractivity contribution in [3.05, 3.63) is 35.2 Å². The zero-order chi connectivity index (χ0) is 10.1. The molecule has 0 saturated carbocycles. The van der Waals surface area contributed by atoms with Gasteiger partial charge in [-0.15, -0.1) is 11.3 Å². The highest BCUT2D eigenvalue weighted by Gasteiger charge is 2.06. The molecule has 2 rings (SSSR count). The summed E-state index contributed by atoms with van der Waals surface area (Å²) in [5.74, 6) is -0.154. The smallest absolute Gasteiger partial charge is 0.158 e. The van der Waals surface area contributed by atoms with E-state index in [1.54, 1.807) is 23.5 Å². The van der Waals surface area contributed by atoms with E-state index in [0.29, 0.717) is 0 Å². The van der Waals surface area contributed by atoms with Gasteiger partial charge in [0.2, 0.25) is 0 Å². The van der Waals surface area contributed by atoms with E-state index >= 15 is 0 Å². The van der Waals surface area contributed by atoms with Crippen LogP contribution in [0.4, 0.5) is 0 Å². The van der Waals surface area contributed by atoms with Crippen LogP contribution < -0.4 is 0 Å². The molecule has 2 N–H and O–H groups in total. The van der Waals surface area contributed by atoms with Crippen molar-refractivity contribution in [1.29, 1.82) is 0 Å². The van der Waals surface area contributed by atoms with E-state index in [2.05, 4.69) is 0 Å². The Balaban J connectivity index is 2.53. The number of phenols is 2. The van der Waals surface area contributed by atoms with Crippen molar-refractivity contribution >= 4 is 11.3 Å². The summed E-state index contributed by atoms with van der Waals surface area (Å²) in [7, 11) is 0. The van der Waals surface area contributed by atoms with Crippen LogP contribution in [-0.2, 0) is 0 Å². The number of benzene rings is 1. The summed E-state index contributed by atoms with van der Waals surface area (Å²) in [6, 6.07) is 6.91. The van der Waals surface area contributed by atoms with Crippen LogP contribution in [0.15, 0.2) is 29.6 Å². The Morgan fingerprint density at radius 1 is 1.07 bits per heavy atom. The molecule has 0 aliphatic rings. The molecule has 0 saturated heterocycles. The van der Waals surface area contributed by atoms with E-state index < -0.39 is 0 Å². The molecule has 0 amide bonds. The predicted molar refractivity (Wildman–Crippen MR) is 57.8 cm³/mol. The zero-order valence-corrected chi connectivity index (χ0v) is 8.51. The molecule has 0 aliphatic heterocycles. The molecule has 0 bridgehead atoms. The van der Waals surface area contributed by atoms with Crippen LogP contribution in [0.1, 0.15) is 5.56 Å². The van der Waals surface area contributed by atoms with Gasteiger partial charge in [0.25, 0.3) is 0 Å². The first-order valence-corrected chi connectivity index (χ1v) is 5.13. The number of hydrogen-bond donors (Lipinski definition) is 2. The Labute approximate surface area is 86.1 Å². The van der Waals surface area contributed by atoms with Crippen molar-refractivity contribution in [3.63, 3.8) is 0 Å². The first-order chi connectivity index (χ1) is 6.68. The monoisotopic (exact) mass is 206 g/mol. The first-order valence-electron chi connectivity index (χ1n) is 4.25. The highest BCUT2D eigenvalue weighted by atomic mass is 32.1. The average Bonchev–Trinajstić information content (AvgIpc) is 2.57. The van der Waals surface area contributed by atoms with Gasteiger partial charge in [-0.2, -0.15) is 0 Å². The quantitative estimate of drug-likeness (QED) is 0.704. The topological polar surface area (TPSA) is 40.5 Å². The van der Waals surface area contributed by atoms with E-state index in [-0.39, 0.29) is 11.5 Å². The summed E-state index contributed by atoms with van der Waals surface area (Å²) in [6.07, 6.45) is 0. The van der Waals surface area contributed by atoms with E-state index in [0.717, 1.165) is 10.4 Å². The predicted octanol–water partition coefficient (Wildman–Crippen LogP) is 3.13. The van der Waals surface area contributed by atoms with Gasteiger partial charge < -0.3 is 10.2 Å². The molecule has 14 heavy (non-hydrogen) atoms. The normalized spacial score (nSPS) is 10.4. The standard InChI is InChI=1S/C11H10O2S/c1-7-4-5-14-11(7)8-2-3-9(12)10(13)6-8/h2-6,12-13H,1H3. The molecule has 1 aromatic heterocycles. The van der Waals surface area contributed by atoms with Gasteiger partial charge in [-0.25, -0.2) is 0 Å². The molecule has 0 spiro atoms. The lowest BCUT2D eigenvalue weighted by Gasteiger charge is -2.02. The number of rotatable bonds is 1. The van der Waals surface area contributed by atoms with Crippen molar-refractivity contribution in [2.45, 2.75) is 6.92 Å². The molecule has 0 aliphatic carbocycles. The van der Waals surface area contributed by atoms with Crippen molar-refractivity contribution in [1.82, 2.24) is 0 Å². The summed E-state index contributed by atoms with van der Waals surface area (Å²) in [5.41, 5.74) is 2.12. The largest absolute Gasteiger partial charge is 0.504 e. The molecule has 3 heteroatoms. The second kappa shape index (κ2) is 3.35. The second-order valence-corrected chi connectivity index (χ2v) is 4.05. The zero-order valence-electron chi connectivity index (χ0n) is 7.69. The summed E-state index contributed by atoms with van der Waals surface area (Å²) >= 11 is 1.62. The minimum absolute atomic E-state index is 0.0738. The third-order valence-electron chi connectivity index (χ3n) is 2.10. The fourth-order valence-electron chi connectivity index (χ4n) is 1.33. The minimum atomic E-state index is -0.0806. The van der Waals surface area contributed by atoms with Crippen LogP contribution in [0.3, 0.4) is 0 Å². The molecule has 0 atom stereocenters. The van der Waals surface area contributed by atoms with Crippen molar-refractivity contribution < 1.29 is 10.2 Å². The van der Waals surface area contributed by atoms with E-state index in [1.165, 1.54) is 11.6 Å². The maximum atomic E-state index is 9.34. The van der Waals surface area contributed by atoms with Crippen LogP contribution >= 0.6 is 11.3 Å². The van der Waals surface area contributed by atoms with Gasteiger partial charge in [-0.05, 0) is 47.7 Å². The van der Waals surface area contributed by atoms with Gasteiger partial charge in [0.15, 0.2) is 11.5 Å². The molecule has 1 heterocycles. The van der Waals surface area contributed by atoms with Gasteiger partial charge >= 0.3 is 0 Å². The Hall–Kier alpha value is -1.48. The maximum Gasteiger partial charge on any atom is 0.158 e. The first kappa shape index (κ1) is 9.09. The number of aryl methyl sites for hydroxylation is 1. The number of phenolic OH excluding ortho intramolecular Hbond substituents is 2. The average molecular weight is 206 g/mol. The summed E-state index contributed by atoms with van der Waals surface area (Å²) < 4.78 is 0. The van der Waals surface area contributed by atoms with Crippen LogP contribution in [0.25, 0.3) is 10.4 Å². The SMILES string of the molecule is Cc1ccsc1-c1ccc(O)c(O)c1. The molecule has 0 fully saturated rings. The highest BCUT2D eigenvalue weighted by Crippen LogP contribution is 2.34. The molecule has 0 radical (unpaired) electrons. The van der Waals surface area contributed by atoms with E-state index in [4.69, 9.17) is 5.11 Å². The fraction of sp³-hybridized carbons (Fsp3) is 0.0909. The van der Waals surface area contributed by atoms with Crippen molar-refractivity contribution in [3.8, 4) is 21.9 Å². The summed E-state index contributed by atoms with van der Waals surface area (Å²) in [5, 5.41) is 20.5. The number of thiophene rings is 1. The van der Waals surface area contributed by atoms with Crippen LogP contribution in [0.5, 0.6) is 11.5 Å². The fourth-order valence-corrected chi connectivity index (χ4v) is 2.26. The lowest BCUT2D eigenvalue weighted by molar-refractivity contribution is 0.404. The summed E-state index contributed by atoms with van der Waals surface area (Å²) in [4.78, 5) is 1.13. The molecular weight excluding hydrogens is 196 g/mol. The van der Waals surface area contributed by atoms with Gasteiger partial charge in [0, 0.05) is 4.88 Å². The molecule has 1 aromatic carbocycles. The Kier molecular flexibility index (Phi) is 2.17. The van der Waals surface area contributed by atoms with Crippen molar-refractivity contribution in [2.24, 2.45) is 0 Å². The lowest BCUT2D eigenvalue weighted by atomic mass is 10.1. The Morgan fingerprint density at radius 3 is 2.43 bits per heavy atom. The molecule has 2 aromatic rings. The maximum absolute atomic E-state index is 9.34. The van der Waals surface area contributed by atoms with Gasteiger partial charge in [-0.1, -0.05) is 0 Å². The van der Waals surface area contributed by atoms with Crippen molar-refractivity contribution in [2.75, 3.05) is 0 Å². The molecular formula is C11H10O2S.